The molecule has 0 saturated carbocycles. The lowest BCUT2D eigenvalue weighted by Crippen LogP contribution is -2.14. The largest absolute Gasteiger partial charge is 0.416 e. The van der Waals surface area contributed by atoms with Gasteiger partial charge in [-0.05, 0) is 36.4 Å². The molecule has 2 aromatic heterocycles. The number of anilines is 1. The van der Waals surface area contributed by atoms with Crippen molar-refractivity contribution >= 4 is 22.5 Å². The Hall–Kier alpha value is -4.12. The molecule has 0 saturated heterocycles. The molecular formula is C23H15F3N4O. The molecule has 4 aromatic rings. The Balaban J connectivity index is 1.56. The van der Waals surface area contributed by atoms with E-state index in [0.29, 0.717) is 16.8 Å². The van der Waals surface area contributed by atoms with E-state index in [1.54, 1.807) is 47.5 Å². The summed E-state index contributed by atoms with van der Waals surface area (Å²) >= 11 is 0. The van der Waals surface area contributed by atoms with Gasteiger partial charge < -0.3 is 5.32 Å². The third-order valence-corrected chi connectivity index (χ3v) is 4.59. The van der Waals surface area contributed by atoms with Crippen molar-refractivity contribution < 1.29 is 18.0 Å². The van der Waals surface area contributed by atoms with Gasteiger partial charge in [0.1, 0.15) is 0 Å². The molecule has 0 aliphatic heterocycles. The Labute approximate surface area is 175 Å². The van der Waals surface area contributed by atoms with E-state index in [0.717, 1.165) is 23.0 Å². The fraction of sp³-hybridized carbons (Fsp3) is 0.0870. The number of benzene rings is 2. The molecular weight excluding hydrogens is 405 g/mol. The fourth-order valence-corrected chi connectivity index (χ4v) is 3.01. The smallest absolute Gasteiger partial charge is 0.322 e. The van der Waals surface area contributed by atoms with Gasteiger partial charge in [0.05, 0.1) is 29.0 Å². The van der Waals surface area contributed by atoms with Crippen LogP contribution in [-0.2, 0) is 13.2 Å². The van der Waals surface area contributed by atoms with Crippen LogP contribution < -0.4 is 5.32 Å². The Morgan fingerprint density at radius 2 is 1.84 bits per heavy atom. The van der Waals surface area contributed by atoms with Crippen molar-refractivity contribution in [2.45, 2.75) is 6.18 Å². The zero-order valence-corrected chi connectivity index (χ0v) is 16.2. The molecule has 1 N–H and O–H groups in total. The van der Waals surface area contributed by atoms with Crippen LogP contribution in [0.1, 0.15) is 27.0 Å². The van der Waals surface area contributed by atoms with Gasteiger partial charge in [-0.15, -0.1) is 0 Å². The van der Waals surface area contributed by atoms with Crippen LogP contribution in [0.3, 0.4) is 0 Å². The molecule has 31 heavy (non-hydrogen) atoms. The number of aryl methyl sites for hydroxylation is 1. The maximum absolute atomic E-state index is 12.9. The van der Waals surface area contributed by atoms with Gasteiger partial charge in [0.15, 0.2) is 0 Å². The maximum Gasteiger partial charge on any atom is 0.416 e. The predicted molar refractivity (Wildman–Crippen MR) is 110 cm³/mol. The molecule has 5 nitrogen and oxygen atoms in total. The second kappa shape index (κ2) is 7.95. The first-order valence-corrected chi connectivity index (χ1v) is 9.18. The van der Waals surface area contributed by atoms with E-state index in [1.807, 2.05) is 7.05 Å². The number of pyridine rings is 1. The lowest BCUT2D eigenvalue weighted by atomic mass is 10.1. The highest BCUT2D eigenvalue weighted by atomic mass is 19.4. The van der Waals surface area contributed by atoms with Gasteiger partial charge >= 0.3 is 6.18 Å². The van der Waals surface area contributed by atoms with E-state index < -0.39 is 17.6 Å². The SMILES string of the molecule is Cn1ncc2c(C#Cc3cccc(NC(=O)c4cccc(C(F)(F)F)c4)c3)cncc21. The normalized spacial score (nSPS) is 11.1. The molecule has 0 unspecified atom stereocenters. The van der Waals surface area contributed by atoms with Gasteiger partial charge in [0.25, 0.3) is 5.91 Å². The summed E-state index contributed by atoms with van der Waals surface area (Å²) in [4.78, 5) is 16.6. The summed E-state index contributed by atoms with van der Waals surface area (Å²) in [6.45, 7) is 0. The maximum atomic E-state index is 12.9. The van der Waals surface area contributed by atoms with Crippen LogP contribution in [0, 0.1) is 11.8 Å². The van der Waals surface area contributed by atoms with Crippen LogP contribution in [0.2, 0.25) is 0 Å². The number of hydrogen-bond donors (Lipinski definition) is 1. The van der Waals surface area contributed by atoms with E-state index >= 15 is 0 Å². The first kappa shape index (κ1) is 20.2. The van der Waals surface area contributed by atoms with Crippen molar-refractivity contribution in [2.24, 2.45) is 7.05 Å². The van der Waals surface area contributed by atoms with E-state index in [2.05, 4.69) is 27.2 Å². The van der Waals surface area contributed by atoms with Gasteiger partial charge in [-0.25, -0.2) is 0 Å². The number of fused-ring (bicyclic) bond motifs is 1. The van der Waals surface area contributed by atoms with E-state index in [1.165, 1.54) is 12.1 Å². The summed E-state index contributed by atoms with van der Waals surface area (Å²) in [5, 5.41) is 7.68. The van der Waals surface area contributed by atoms with Gasteiger partial charge in [0, 0.05) is 35.4 Å². The number of aromatic nitrogens is 3. The van der Waals surface area contributed by atoms with Gasteiger partial charge in [-0.1, -0.05) is 24.0 Å². The second-order valence-electron chi connectivity index (χ2n) is 6.75. The van der Waals surface area contributed by atoms with Crippen molar-refractivity contribution in [3.05, 3.63) is 89.4 Å². The zero-order valence-electron chi connectivity index (χ0n) is 16.2. The number of amides is 1. The molecule has 0 aliphatic rings. The van der Waals surface area contributed by atoms with Crippen molar-refractivity contribution in [2.75, 3.05) is 5.32 Å². The molecule has 0 bridgehead atoms. The minimum absolute atomic E-state index is 0.0827. The molecule has 0 aliphatic carbocycles. The molecule has 154 valence electrons. The highest BCUT2D eigenvalue weighted by Gasteiger charge is 2.30. The molecule has 8 heteroatoms. The summed E-state index contributed by atoms with van der Waals surface area (Å²) in [5.41, 5.74) is 1.66. The minimum atomic E-state index is -4.52. The van der Waals surface area contributed by atoms with Crippen molar-refractivity contribution in [3.8, 4) is 11.8 Å². The number of halogens is 3. The number of nitrogens with zero attached hydrogens (tertiary/aromatic N) is 3. The Morgan fingerprint density at radius 1 is 1.03 bits per heavy atom. The average Bonchev–Trinajstić information content (AvgIpc) is 3.13. The standard InChI is InChI=1S/C23H15F3N4O/c1-30-21-14-27-12-17(20(21)13-28-30)9-8-15-4-2-7-19(10-15)29-22(31)16-5-3-6-18(11-16)23(24,25)26/h2-7,10-14H,1H3,(H,29,31). The lowest BCUT2D eigenvalue weighted by Gasteiger charge is -2.09. The van der Waals surface area contributed by atoms with Crippen LogP contribution in [0.25, 0.3) is 10.9 Å². The van der Waals surface area contributed by atoms with Crippen LogP contribution in [0.4, 0.5) is 18.9 Å². The highest BCUT2D eigenvalue weighted by molar-refractivity contribution is 6.04. The minimum Gasteiger partial charge on any atom is -0.322 e. The highest BCUT2D eigenvalue weighted by Crippen LogP contribution is 2.29. The Morgan fingerprint density at radius 3 is 2.65 bits per heavy atom. The van der Waals surface area contributed by atoms with Crippen LogP contribution in [0.5, 0.6) is 0 Å². The lowest BCUT2D eigenvalue weighted by molar-refractivity contribution is -0.137. The zero-order chi connectivity index (χ0) is 22.0. The summed E-state index contributed by atoms with van der Waals surface area (Å²) in [6.07, 6.45) is 0.554. The van der Waals surface area contributed by atoms with Crippen molar-refractivity contribution in [1.29, 1.82) is 0 Å². The third kappa shape index (κ3) is 4.41. The van der Waals surface area contributed by atoms with Crippen LogP contribution in [0.15, 0.2) is 67.1 Å². The first-order chi connectivity index (χ1) is 14.8. The number of rotatable bonds is 2. The Kier molecular flexibility index (Phi) is 5.17. The molecule has 2 heterocycles. The van der Waals surface area contributed by atoms with Crippen LogP contribution >= 0.6 is 0 Å². The number of carbonyl (C=O) groups excluding carboxylic acids is 1. The summed E-state index contributed by atoms with van der Waals surface area (Å²) in [7, 11) is 1.82. The topological polar surface area (TPSA) is 59.8 Å². The molecule has 0 spiro atoms. The molecule has 0 fully saturated rings. The summed E-state index contributed by atoms with van der Waals surface area (Å²) in [5.74, 6) is 5.43. The van der Waals surface area contributed by atoms with Gasteiger partial charge in [0.2, 0.25) is 0 Å². The van der Waals surface area contributed by atoms with E-state index in [9.17, 15) is 18.0 Å². The van der Waals surface area contributed by atoms with Crippen molar-refractivity contribution in [3.63, 3.8) is 0 Å². The number of carbonyl (C=O) groups is 1. The van der Waals surface area contributed by atoms with E-state index in [4.69, 9.17) is 0 Å². The second-order valence-corrected chi connectivity index (χ2v) is 6.75. The van der Waals surface area contributed by atoms with Gasteiger partial charge in [-0.3, -0.25) is 14.5 Å². The molecule has 2 aromatic carbocycles. The summed E-state index contributed by atoms with van der Waals surface area (Å²) < 4.78 is 40.3. The fourth-order valence-electron chi connectivity index (χ4n) is 3.01. The number of alkyl halides is 3. The Bertz CT molecular complexity index is 1350. The average molecular weight is 420 g/mol. The third-order valence-electron chi connectivity index (χ3n) is 4.59. The van der Waals surface area contributed by atoms with Gasteiger partial charge in [-0.2, -0.15) is 18.3 Å². The predicted octanol–water partition coefficient (Wildman–Crippen LogP) is 4.64. The summed E-state index contributed by atoms with van der Waals surface area (Å²) in [6, 6.07) is 11.0. The quantitative estimate of drug-likeness (QED) is 0.481. The molecule has 1 amide bonds. The van der Waals surface area contributed by atoms with Crippen LogP contribution in [-0.4, -0.2) is 20.7 Å². The number of hydrogen-bond acceptors (Lipinski definition) is 3. The molecule has 0 atom stereocenters. The van der Waals surface area contributed by atoms with E-state index in [-0.39, 0.29) is 5.56 Å². The number of nitrogens with one attached hydrogen (secondary N) is 1. The van der Waals surface area contributed by atoms with Crippen molar-refractivity contribution in [1.82, 2.24) is 14.8 Å². The molecule has 4 rings (SSSR count). The monoisotopic (exact) mass is 420 g/mol. The first-order valence-electron chi connectivity index (χ1n) is 9.18. The molecule has 0 radical (unpaired) electrons.